The van der Waals surface area contributed by atoms with Crippen LogP contribution in [-0.2, 0) is 6.61 Å². The van der Waals surface area contributed by atoms with Gasteiger partial charge in [0.1, 0.15) is 18.1 Å². The lowest BCUT2D eigenvalue weighted by molar-refractivity contribution is 0.0829. The first kappa shape index (κ1) is 18.2. The molecule has 0 fully saturated rings. The summed E-state index contributed by atoms with van der Waals surface area (Å²) in [5.74, 6) is 0.243. The van der Waals surface area contributed by atoms with E-state index in [-0.39, 0.29) is 12.4 Å². The fourth-order valence-electron chi connectivity index (χ4n) is 2.79. The summed E-state index contributed by atoms with van der Waals surface area (Å²) >= 11 is 0. The molecule has 2 N–H and O–H groups in total. The third kappa shape index (κ3) is 4.24. The van der Waals surface area contributed by atoms with Crippen molar-refractivity contribution in [2.24, 2.45) is 0 Å². The summed E-state index contributed by atoms with van der Waals surface area (Å²) in [6.07, 6.45) is 1.55. The number of hydrogen-bond donors (Lipinski definition) is 2. The summed E-state index contributed by atoms with van der Waals surface area (Å²) in [5.41, 5.74) is 5.86. The first-order chi connectivity index (χ1) is 14.2. The van der Waals surface area contributed by atoms with E-state index in [0.717, 1.165) is 0 Å². The number of benzene rings is 2. The number of rotatable bonds is 5. The molecule has 0 atom stereocenters. The second-order valence-corrected chi connectivity index (χ2v) is 6.15. The number of carbonyl (C=O) groups excluding carboxylic acids is 2. The van der Waals surface area contributed by atoms with E-state index < -0.39 is 11.8 Å². The maximum atomic E-state index is 12.5. The molecular formula is C22H17N3O4. The van der Waals surface area contributed by atoms with Crippen LogP contribution in [0.1, 0.15) is 26.7 Å². The van der Waals surface area contributed by atoms with Gasteiger partial charge in [0.2, 0.25) is 0 Å². The van der Waals surface area contributed by atoms with Crippen molar-refractivity contribution in [1.82, 2.24) is 15.8 Å². The van der Waals surface area contributed by atoms with Crippen LogP contribution in [0, 0.1) is 0 Å². The molecule has 144 valence electrons. The Bertz CT molecular complexity index is 1150. The molecule has 0 saturated heterocycles. The molecule has 2 heterocycles. The van der Waals surface area contributed by atoms with Crippen molar-refractivity contribution < 1.29 is 18.7 Å². The Morgan fingerprint density at radius 2 is 1.62 bits per heavy atom. The Balaban J connectivity index is 1.36. The second-order valence-electron chi connectivity index (χ2n) is 6.15. The molecule has 4 rings (SSSR count). The van der Waals surface area contributed by atoms with Gasteiger partial charge < -0.3 is 9.15 Å². The highest BCUT2D eigenvalue weighted by atomic mass is 16.5. The van der Waals surface area contributed by atoms with Gasteiger partial charge in [-0.25, -0.2) is 0 Å². The van der Waals surface area contributed by atoms with Gasteiger partial charge in [-0.1, -0.05) is 36.4 Å². The van der Waals surface area contributed by atoms with Crippen LogP contribution in [0.3, 0.4) is 0 Å². The Kier molecular flexibility index (Phi) is 5.20. The number of hydrazine groups is 1. The third-order valence-corrected chi connectivity index (χ3v) is 4.19. The van der Waals surface area contributed by atoms with E-state index in [9.17, 15) is 9.59 Å². The summed E-state index contributed by atoms with van der Waals surface area (Å²) in [5, 5.41) is 0.695. The molecule has 7 heteroatoms. The van der Waals surface area contributed by atoms with Crippen LogP contribution in [0.25, 0.3) is 10.9 Å². The minimum Gasteiger partial charge on any atom is -0.486 e. The predicted octanol–water partition coefficient (Wildman–Crippen LogP) is 3.48. The number of nitrogens with zero attached hydrogens (tertiary/aromatic N) is 1. The van der Waals surface area contributed by atoms with E-state index in [4.69, 9.17) is 9.15 Å². The fourth-order valence-corrected chi connectivity index (χ4v) is 2.79. The highest BCUT2D eigenvalue weighted by molar-refractivity contribution is 6.06. The van der Waals surface area contributed by atoms with E-state index in [1.165, 1.54) is 6.07 Å². The van der Waals surface area contributed by atoms with Crippen molar-refractivity contribution in [2.45, 2.75) is 6.61 Å². The molecule has 2 aromatic carbocycles. The Morgan fingerprint density at radius 1 is 0.862 bits per heavy atom. The van der Waals surface area contributed by atoms with Crippen molar-refractivity contribution in [3.8, 4) is 5.75 Å². The number of fused-ring (bicyclic) bond motifs is 1. The average molecular weight is 387 g/mol. The lowest BCUT2D eigenvalue weighted by Crippen LogP contribution is -2.41. The first-order valence-corrected chi connectivity index (χ1v) is 8.92. The van der Waals surface area contributed by atoms with Gasteiger partial charge in [-0.05, 0) is 36.4 Å². The van der Waals surface area contributed by atoms with Crippen LogP contribution in [0.2, 0.25) is 0 Å². The number of ether oxygens (including phenoxy) is 1. The van der Waals surface area contributed by atoms with Crippen LogP contribution in [0.15, 0.2) is 83.4 Å². The SMILES string of the molecule is O=C(NNC(=O)c1ccnc2ccccc12)c1ccc(COc2ccccc2)o1. The zero-order valence-electron chi connectivity index (χ0n) is 15.3. The molecule has 7 nitrogen and oxygen atoms in total. The van der Waals surface area contributed by atoms with Crippen molar-refractivity contribution in [2.75, 3.05) is 0 Å². The van der Waals surface area contributed by atoms with Gasteiger partial charge in [0.15, 0.2) is 5.76 Å². The smallest absolute Gasteiger partial charge is 0.305 e. The van der Waals surface area contributed by atoms with Gasteiger partial charge in [-0.3, -0.25) is 25.4 Å². The van der Waals surface area contributed by atoms with Crippen molar-refractivity contribution in [3.05, 3.63) is 96.1 Å². The molecule has 0 unspecified atom stereocenters. The van der Waals surface area contributed by atoms with Crippen LogP contribution in [0.4, 0.5) is 0 Å². The van der Waals surface area contributed by atoms with E-state index >= 15 is 0 Å². The molecule has 2 amide bonds. The maximum Gasteiger partial charge on any atom is 0.305 e. The number of aromatic nitrogens is 1. The lowest BCUT2D eigenvalue weighted by atomic mass is 10.1. The Hall–Kier alpha value is -4.13. The molecule has 0 saturated carbocycles. The quantitative estimate of drug-likeness (QED) is 0.512. The molecule has 2 aromatic heterocycles. The summed E-state index contributed by atoms with van der Waals surface area (Å²) in [4.78, 5) is 28.9. The Morgan fingerprint density at radius 3 is 2.48 bits per heavy atom. The van der Waals surface area contributed by atoms with Gasteiger partial charge in [0.25, 0.3) is 5.91 Å². The molecule has 29 heavy (non-hydrogen) atoms. The normalized spacial score (nSPS) is 10.5. The summed E-state index contributed by atoms with van der Waals surface area (Å²) in [6, 6.07) is 21.3. The second kappa shape index (κ2) is 8.26. The number of furan rings is 1. The van der Waals surface area contributed by atoms with Crippen molar-refractivity contribution in [3.63, 3.8) is 0 Å². The molecule has 0 radical (unpaired) electrons. The van der Waals surface area contributed by atoms with E-state index in [1.54, 1.807) is 24.4 Å². The summed E-state index contributed by atoms with van der Waals surface area (Å²) in [6.45, 7) is 0.187. The number of nitrogens with one attached hydrogen (secondary N) is 2. The van der Waals surface area contributed by atoms with Gasteiger partial charge in [-0.2, -0.15) is 0 Å². The van der Waals surface area contributed by atoms with Crippen LogP contribution >= 0.6 is 0 Å². The molecule has 0 spiro atoms. The topological polar surface area (TPSA) is 93.5 Å². The van der Waals surface area contributed by atoms with E-state index in [2.05, 4.69) is 15.8 Å². The van der Waals surface area contributed by atoms with Crippen LogP contribution in [0.5, 0.6) is 5.75 Å². The maximum absolute atomic E-state index is 12.5. The minimum absolute atomic E-state index is 0.0662. The Labute approximate surface area is 166 Å². The molecule has 0 aliphatic rings. The summed E-state index contributed by atoms with van der Waals surface area (Å²) < 4.78 is 11.1. The fraction of sp³-hybridized carbons (Fsp3) is 0.0455. The third-order valence-electron chi connectivity index (χ3n) is 4.19. The number of para-hydroxylation sites is 2. The van der Waals surface area contributed by atoms with Crippen LogP contribution in [-0.4, -0.2) is 16.8 Å². The van der Waals surface area contributed by atoms with Crippen molar-refractivity contribution >= 4 is 22.7 Å². The first-order valence-electron chi connectivity index (χ1n) is 8.92. The van der Waals surface area contributed by atoms with Gasteiger partial charge in [-0.15, -0.1) is 0 Å². The largest absolute Gasteiger partial charge is 0.486 e. The number of hydrogen-bond acceptors (Lipinski definition) is 5. The highest BCUT2D eigenvalue weighted by Crippen LogP contribution is 2.16. The molecule has 0 aliphatic carbocycles. The predicted molar refractivity (Wildman–Crippen MR) is 106 cm³/mol. The molecule has 4 aromatic rings. The highest BCUT2D eigenvalue weighted by Gasteiger charge is 2.15. The minimum atomic E-state index is -0.567. The number of carbonyl (C=O) groups is 2. The van der Waals surface area contributed by atoms with Gasteiger partial charge in [0.05, 0.1) is 11.1 Å². The van der Waals surface area contributed by atoms with E-state index in [1.807, 2.05) is 48.5 Å². The van der Waals surface area contributed by atoms with E-state index in [0.29, 0.717) is 28.0 Å². The average Bonchev–Trinajstić information content (AvgIpc) is 3.25. The zero-order chi connectivity index (χ0) is 20.1. The molecular weight excluding hydrogens is 370 g/mol. The van der Waals surface area contributed by atoms with Crippen LogP contribution < -0.4 is 15.6 Å². The number of amides is 2. The standard InChI is InChI=1S/C22H17N3O4/c26-21(18-12-13-23-19-9-5-4-8-17(18)19)24-25-22(27)20-11-10-16(29-20)14-28-15-6-2-1-3-7-15/h1-13H,14H2,(H,24,26)(H,25,27). The molecule has 0 aliphatic heterocycles. The number of pyridine rings is 1. The monoisotopic (exact) mass is 387 g/mol. The van der Waals surface area contributed by atoms with Gasteiger partial charge >= 0.3 is 5.91 Å². The lowest BCUT2D eigenvalue weighted by Gasteiger charge is -2.08. The summed E-state index contributed by atoms with van der Waals surface area (Å²) in [7, 11) is 0. The molecule has 0 bridgehead atoms. The van der Waals surface area contributed by atoms with Crippen molar-refractivity contribution in [1.29, 1.82) is 0 Å². The zero-order valence-corrected chi connectivity index (χ0v) is 15.3. The van der Waals surface area contributed by atoms with Gasteiger partial charge in [0, 0.05) is 11.6 Å².